The third-order valence-electron chi connectivity index (χ3n) is 2.73. The van der Waals surface area contributed by atoms with Crippen LogP contribution in [0, 0.1) is 0 Å². The highest BCUT2D eigenvalue weighted by Crippen LogP contribution is 2.33. The lowest BCUT2D eigenvalue weighted by Gasteiger charge is -2.19. The third-order valence-corrected chi connectivity index (χ3v) is 2.73. The van der Waals surface area contributed by atoms with E-state index in [9.17, 15) is 14.7 Å². The maximum atomic E-state index is 11.6. The van der Waals surface area contributed by atoms with E-state index in [4.69, 9.17) is 0 Å². The predicted octanol–water partition coefficient (Wildman–Crippen LogP) is 2.44. The van der Waals surface area contributed by atoms with Gasteiger partial charge in [0.25, 0.3) is 0 Å². The van der Waals surface area contributed by atoms with Gasteiger partial charge in [-0.3, -0.25) is 14.5 Å². The van der Waals surface area contributed by atoms with Gasteiger partial charge in [-0.1, -0.05) is 24.3 Å². The highest BCUT2D eigenvalue weighted by Gasteiger charge is 2.19. The van der Waals surface area contributed by atoms with Crippen LogP contribution in [0.15, 0.2) is 36.4 Å². The number of phenolic OH excluding ortho intramolecular Hbond substituents is 1. The lowest BCUT2D eigenvalue weighted by Crippen LogP contribution is -2.33. The molecule has 0 aliphatic rings. The first-order valence-electron chi connectivity index (χ1n) is 5.54. The Morgan fingerprint density at radius 1 is 1.00 bits per heavy atom. The van der Waals surface area contributed by atoms with Gasteiger partial charge in [0.05, 0.1) is 5.69 Å². The van der Waals surface area contributed by atoms with Gasteiger partial charge in [0.2, 0.25) is 11.8 Å². The van der Waals surface area contributed by atoms with Crippen LogP contribution in [0.3, 0.4) is 0 Å². The molecular formula is C14H13NO3. The number of aromatic hydroxyl groups is 1. The van der Waals surface area contributed by atoms with Gasteiger partial charge in [-0.2, -0.15) is 0 Å². The zero-order chi connectivity index (χ0) is 13.3. The van der Waals surface area contributed by atoms with Crippen molar-refractivity contribution in [1.82, 2.24) is 0 Å². The normalized spacial score (nSPS) is 10.3. The molecule has 0 saturated heterocycles. The zero-order valence-electron chi connectivity index (χ0n) is 10.2. The molecule has 4 heteroatoms. The molecule has 2 rings (SSSR count). The number of phenols is 1. The maximum absolute atomic E-state index is 11.6. The summed E-state index contributed by atoms with van der Waals surface area (Å²) in [7, 11) is 0. The van der Waals surface area contributed by atoms with Crippen LogP contribution in [0.5, 0.6) is 5.75 Å². The van der Waals surface area contributed by atoms with E-state index in [1.807, 2.05) is 12.1 Å². The highest BCUT2D eigenvalue weighted by molar-refractivity contribution is 6.18. The molecule has 2 aromatic rings. The molecule has 4 nitrogen and oxygen atoms in total. The Morgan fingerprint density at radius 2 is 1.56 bits per heavy atom. The van der Waals surface area contributed by atoms with Crippen molar-refractivity contribution in [2.45, 2.75) is 13.8 Å². The predicted molar refractivity (Wildman–Crippen MR) is 69.5 cm³/mol. The molecule has 0 atom stereocenters. The molecule has 0 aromatic heterocycles. The summed E-state index contributed by atoms with van der Waals surface area (Å²) in [6, 6.07) is 10.3. The third kappa shape index (κ3) is 1.93. The number of imide groups is 1. The van der Waals surface area contributed by atoms with Gasteiger partial charge in [0, 0.05) is 19.2 Å². The molecule has 18 heavy (non-hydrogen) atoms. The summed E-state index contributed by atoms with van der Waals surface area (Å²) in [5, 5.41) is 11.2. The second-order valence-corrected chi connectivity index (χ2v) is 4.03. The number of carbonyl (C=O) groups is 2. The summed E-state index contributed by atoms with van der Waals surface area (Å²) in [4.78, 5) is 24.2. The van der Waals surface area contributed by atoms with E-state index in [1.165, 1.54) is 19.9 Å². The summed E-state index contributed by atoms with van der Waals surface area (Å²) < 4.78 is 0. The van der Waals surface area contributed by atoms with Crippen molar-refractivity contribution < 1.29 is 14.7 Å². The molecule has 0 fully saturated rings. The quantitative estimate of drug-likeness (QED) is 0.836. The van der Waals surface area contributed by atoms with E-state index in [1.54, 1.807) is 18.2 Å². The molecule has 2 aromatic carbocycles. The first-order valence-corrected chi connectivity index (χ1v) is 5.54. The minimum Gasteiger partial charge on any atom is -0.507 e. The minimum atomic E-state index is -0.377. The molecule has 1 N–H and O–H groups in total. The second kappa shape index (κ2) is 4.49. The average Bonchev–Trinajstić information content (AvgIpc) is 2.28. The van der Waals surface area contributed by atoms with E-state index < -0.39 is 0 Å². The van der Waals surface area contributed by atoms with Gasteiger partial charge in [0.15, 0.2) is 0 Å². The average molecular weight is 243 g/mol. The monoisotopic (exact) mass is 243 g/mol. The zero-order valence-corrected chi connectivity index (χ0v) is 10.2. The van der Waals surface area contributed by atoms with Gasteiger partial charge < -0.3 is 5.11 Å². The summed E-state index contributed by atoms with van der Waals surface area (Å²) in [6.45, 7) is 2.64. The Hall–Kier alpha value is -2.36. The first-order chi connectivity index (χ1) is 8.52. The number of amides is 2. The number of rotatable bonds is 1. The molecule has 92 valence electrons. The fraction of sp³-hybridized carbons (Fsp3) is 0.143. The van der Waals surface area contributed by atoms with Crippen LogP contribution in [0.25, 0.3) is 10.8 Å². The van der Waals surface area contributed by atoms with E-state index >= 15 is 0 Å². The smallest absolute Gasteiger partial charge is 0.230 e. The molecule has 0 radical (unpaired) electrons. The van der Waals surface area contributed by atoms with Crippen molar-refractivity contribution in [3.8, 4) is 5.75 Å². The molecule has 0 unspecified atom stereocenters. The van der Waals surface area contributed by atoms with Crippen LogP contribution >= 0.6 is 0 Å². The van der Waals surface area contributed by atoms with Crippen LogP contribution in [-0.4, -0.2) is 16.9 Å². The van der Waals surface area contributed by atoms with Crippen LogP contribution in [0.4, 0.5) is 5.69 Å². The van der Waals surface area contributed by atoms with Gasteiger partial charge in [-0.05, 0) is 17.5 Å². The SMILES string of the molecule is CC(=O)N(C(C)=O)c1cccc2cccc(O)c12. The van der Waals surface area contributed by atoms with Crippen molar-refractivity contribution in [1.29, 1.82) is 0 Å². The molecule has 0 bridgehead atoms. The Kier molecular flexibility index (Phi) is 3.02. The second-order valence-electron chi connectivity index (χ2n) is 4.03. The van der Waals surface area contributed by atoms with Gasteiger partial charge in [-0.15, -0.1) is 0 Å². The largest absolute Gasteiger partial charge is 0.507 e. The highest BCUT2D eigenvalue weighted by atomic mass is 16.3. The lowest BCUT2D eigenvalue weighted by molar-refractivity contribution is -0.124. The fourth-order valence-electron chi connectivity index (χ4n) is 2.05. The Labute approximate surface area is 104 Å². The Balaban J connectivity index is 2.78. The molecule has 2 amide bonds. The Bertz CT molecular complexity index is 615. The van der Waals surface area contributed by atoms with Crippen LogP contribution in [0.2, 0.25) is 0 Å². The van der Waals surface area contributed by atoms with Crippen molar-refractivity contribution in [3.05, 3.63) is 36.4 Å². The summed E-state index contributed by atoms with van der Waals surface area (Å²) in [5.41, 5.74) is 0.408. The topological polar surface area (TPSA) is 57.6 Å². The van der Waals surface area contributed by atoms with E-state index in [2.05, 4.69) is 0 Å². The number of benzene rings is 2. The van der Waals surface area contributed by atoms with E-state index in [0.29, 0.717) is 11.1 Å². The lowest BCUT2D eigenvalue weighted by atomic mass is 10.1. The summed E-state index contributed by atoms with van der Waals surface area (Å²) in [6.07, 6.45) is 0. The molecule has 0 heterocycles. The van der Waals surface area contributed by atoms with Gasteiger partial charge >= 0.3 is 0 Å². The maximum Gasteiger partial charge on any atom is 0.230 e. The number of nitrogens with zero attached hydrogens (tertiary/aromatic N) is 1. The Morgan fingerprint density at radius 3 is 2.11 bits per heavy atom. The van der Waals surface area contributed by atoms with Crippen molar-refractivity contribution in [3.63, 3.8) is 0 Å². The molecular weight excluding hydrogens is 230 g/mol. The van der Waals surface area contributed by atoms with Gasteiger partial charge in [-0.25, -0.2) is 0 Å². The number of hydrogen-bond donors (Lipinski definition) is 1. The van der Waals surface area contributed by atoms with E-state index in [-0.39, 0.29) is 17.6 Å². The van der Waals surface area contributed by atoms with Crippen LogP contribution in [-0.2, 0) is 9.59 Å². The first kappa shape index (κ1) is 12.1. The van der Waals surface area contributed by atoms with E-state index in [0.717, 1.165) is 10.3 Å². The number of anilines is 1. The minimum absolute atomic E-state index is 0.0515. The van der Waals surface area contributed by atoms with Crippen molar-refractivity contribution >= 4 is 28.3 Å². The number of carbonyl (C=O) groups excluding carboxylic acids is 2. The molecule has 0 spiro atoms. The number of hydrogen-bond acceptors (Lipinski definition) is 3. The number of fused-ring (bicyclic) bond motifs is 1. The van der Waals surface area contributed by atoms with Crippen LogP contribution in [0.1, 0.15) is 13.8 Å². The van der Waals surface area contributed by atoms with Gasteiger partial charge in [0.1, 0.15) is 5.75 Å². The van der Waals surface area contributed by atoms with Crippen molar-refractivity contribution in [2.75, 3.05) is 4.90 Å². The summed E-state index contributed by atoms with van der Waals surface area (Å²) in [5.74, 6) is -0.702. The fourth-order valence-corrected chi connectivity index (χ4v) is 2.05. The standard InChI is InChI=1S/C14H13NO3/c1-9(16)15(10(2)17)12-7-3-5-11-6-4-8-13(18)14(11)12/h3-8,18H,1-2H3. The van der Waals surface area contributed by atoms with Crippen molar-refractivity contribution in [2.24, 2.45) is 0 Å². The molecule has 0 aliphatic carbocycles. The molecule has 0 saturated carbocycles. The molecule has 0 aliphatic heterocycles. The van der Waals surface area contributed by atoms with Crippen LogP contribution < -0.4 is 4.90 Å². The summed E-state index contributed by atoms with van der Waals surface area (Å²) >= 11 is 0.